The maximum Gasteiger partial charge on any atom is 0.376 e. The van der Waals surface area contributed by atoms with E-state index in [-0.39, 0.29) is 18.1 Å². The van der Waals surface area contributed by atoms with Crippen molar-refractivity contribution in [1.82, 2.24) is 0 Å². The van der Waals surface area contributed by atoms with E-state index in [2.05, 4.69) is 0 Å². The number of rotatable bonds is 5. The van der Waals surface area contributed by atoms with Gasteiger partial charge in [0.2, 0.25) is 5.78 Å². The summed E-state index contributed by atoms with van der Waals surface area (Å²) in [6.07, 6.45) is 3.31. The number of ether oxygens (including phenoxy) is 1. The van der Waals surface area contributed by atoms with E-state index in [1.165, 1.54) is 12.7 Å². The predicted molar refractivity (Wildman–Crippen MR) is 106 cm³/mol. The number of carbonyl (C=O) groups is 2. The smallest absolute Gasteiger partial charge is 0.376 e. The lowest BCUT2D eigenvalue weighted by Crippen LogP contribution is -2.45. The Kier molecular flexibility index (Phi) is 4.93. The molecule has 0 heterocycles. The summed E-state index contributed by atoms with van der Waals surface area (Å²) in [5.41, 5.74) is -0.176. The third-order valence-corrected chi connectivity index (χ3v) is 6.65. The van der Waals surface area contributed by atoms with Crippen LogP contribution in [0.2, 0.25) is 0 Å². The first-order chi connectivity index (χ1) is 13.0. The van der Waals surface area contributed by atoms with Gasteiger partial charge >= 0.3 is 7.60 Å². The van der Waals surface area contributed by atoms with Crippen molar-refractivity contribution in [1.29, 1.82) is 0 Å². The first kappa shape index (κ1) is 20.6. The number of methoxy groups -OCH3 is 1. The fourth-order valence-corrected chi connectivity index (χ4v) is 5.11. The van der Waals surface area contributed by atoms with E-state index in [1.807, 2.05) is 6.92 Å². The summed E-state index contributed by atoms with van der Waals surface area (Å²) in [4.78, 5) is 26.0. The molecular formula is C21H25O6P. The Hall–Kier alpha value is -2.17. The molecule has 2 aliphatic carbocycles. The molecule has 0 radical (unpaired) electrons. The average molecular weight is 404 g/mol. The normalized spacial score (nSPS) is 25.1. The molecule has 0 spiro atoms. The first-order valence-electron chi connectivity index (χ1n) is 9.11. The Morgan fingerprint density at radius 3 is 2.43 bits per heavy atom. The van der Waals surface area contributed by atoms with Gasteiger partial charge in [0, 0.05) is 23.2 Å². The van der Waals surface area contributed by atoms with E-state index < -0.39 is 24.2 Å². The fourth-order valence-electron chi connectivity index (χ4n) is 4.08. The van der Waals surface area contributed by atoms with Crippen LogP contribution in [-0.4, -0.2) is 31.9 Å². The van der Waals surface area contributed by atoms with Gasteiger partial charge in [-0.2, -0.15) is 0 Å². The summed E-state index contributed by atoms with van der Waals surface area (Å²) in [5.74, 6) is -0.0251. The monoisotopic (exact) mass is 404 g/mol. The minimum Gasteiger partial charge on any atom is -0.497 e. The zero-order valence-electron chi connectivity index (χ0n) is 17.0. The highest BCUT2D eigenvalue weighted by molar-refractivity contribution is 7.53. The van der Waals surface area contributed by atoms with E-state index in [0.717, 1.165) is 5.56 Å². The molecule has 0 aromatic heterocycles. The summed E-state index contributed by atoms with van der Waals surface area (Å²) in [5, 5.41) is 0. The molecule has 1 aromatic carbocycles. The molecule has 0 saturated carbocycles. The molecular weight excluding hydrogens is 379 g/mol. The Bertz CT molecular complexity index is 971. The topological polar surface area (TPSA) is 78.9 Å². The molecule has 2 atom stereocenters. The molecule has 0 bridgehead atoms. The van der Waals surface area contributed by atoms with Gasteiger partial charge in [0.05, 0.1) is 19.1 Å². The van der Waals surface area contributed by atoms with Crippen LogP contribution in [0.5, 0.6) is 5.75 Å². The van der Waals surface area contributed by atoms with Crippen molar-refractivity contribution in [3.8, 4) is 5.75 Å². The molecule has 0 aliphatic heterocycles. The second-order valence-corrected chi connectivity index (χ2v) is 9.73. The molecule has 0 fully saturated rings. The summed E-state index contributed by atoms with van der Waals surface area (Å²) < 4.78 is 29.0. The van der Waals surface area contributed by atoms with Crippen molar-refractivity contribution in [2.75, 3.05) is 20.4 Å². The molecule has 1 unspecified atom stereocenters. The lowest BCUT2D eigenvalue weighted by atomic mass is 9.57. The van der Waals surface area contributed by atoms with Gasteiger partial charge in [0.15, 0.2) is 11.5 Å². The largest absolute Gasteiger partial charge is 0.497 e. The van der Waals surface area contributed by atoms with Crippen LogP contribution in [0.1, 0.15) is 43.6 Å². The lowest BCUT2D eigenvalue weighted by molar-refractivity contribution is -0.121. The maximum atomic E-state index is 13.4. The number of allylic oxidation sites excluding steroid dienone is 4. The number of Topliss-reactive ketones (excluding diaryl/α,β-unsaturated/α-hetero) is 1. The molecule has 2 aliphatic rings. The van der Waals surface area contributed by atoms with Gasteiger partial charge in [0.1, 0.15) is 5.75 Å². The average Bonchev–Trinajstić information content (AvgIpc) is 2.62. The summed E-state index contributed by atoms with van der Waals surface area (Å²) in [7, 11) is -1.98. The molecule has 3 rings (SSSR count). The Balaban J connectivity index is 2.34. The number of fused-ring (bicyclic) bond motifs is 3. The first-order valence-corrected chi connectivity index (χ1v) is 11.1. The highest BCUT2D eigenvalue weighted by atomic mass is 31.2. The van der Waals surface area contributed by atoms with Crippen LogP contribution in [-0.2, 0) is 23.8 Å². The number of carbonyl (C=O) groups excluding carboxylic acids is 2. The number of benzene rings is 1. The minimum atomic E-state index is -3.53. The number of hydrogen-bond donors (Lipinski definition) is 0. The van der Waals surface area contributed by atoms with E-state index in [9.17, 15) is 14.2 Å². The van der Waals surface area contributed by atoms with E-state index >= 15 is 0 Å². The van der Waals surface area contributed by atoms with Crippen molar-refractivity contribution in [2.45, 2.75) is 33.1 Å². The maximum absolute atomic E-state index is 13.4. The van der Waals surface area contributed by atoms with Crippen LogP contribution in [0.15, 0.2) is 41.7 Å². The van der Waals surface area contributed by atoms with Crippen molar-refractivity contribution in [3.05, 3.63) is 52.8 Å². The van der Waals surface area contributed by atoms with Gasteiger partial charge < -0.3 is 13.8 Å². The molecule has 0 saturated heterocycles. The van der Waals surface area contributed by atoms with Gasteiger partial charge in [-0.25, -0.2) is 4.57 Å². The molecule has 6 nitrogen and oxygen atoms in total. The van der Waals surface area contributed by atoms with Crippen LogP contribution in [0, 0.1) is 5.41 Å². The Labute approximate surface area is 165 Å². The number of hydrogen-bond acceptors (Lipinski definition) is 6. The molecule has 7 heteroatoms. The second-order valence-electron chi connectivity index (χ2n) is 7.75. The summed E-state index contributed by atoms with van der Waals surface area (Å²) in [6, 6.07) is 5.16. The summed E-state index contributed by atoms with van der Waals surface area (Å²) in [6.45, 7) is 8.61. The van der Waals surface area contributed by atoms with Crippen LogP contribution in [0.4, 0.5) is 0 Å². The van der Waals surface area contributed by atoms with E-state index in [0.29, 0.717) is 16.9 Å². The molecule has 0 amide bonds. The standard InChI is InChI=1S/C21H25O6P/c1-7-26-28(6,24)27-18-17(23)14-9-8-13(25-5)12-15(14)21(4)11-10-16(22)20(2,3)19(18)21/h8-12H,7H2,1-6H3/t21-,28?/m0/s1. The van der Waals surface area contributed by atoms with E-state index in [1.54, 1.807) is 52.2 Å². The highest BCUT2D eigenvalue weighted by Crippen LogP contribution is 2.57. The van der Waals surface area contributed by atoms with Crippen LogP contribution < -0.4 is 4.74 Å². The van der Waals surface area contributed by atoms with Crippen LogP contribution in [0.3, 0.4) is 0 Å². The number of ketones is 2. The fraction of sp³-hybridized carbons (Fsp3) is 0.429. The van der Waals surface area contributed by atoms with Crippen LogP contribution >= 0.6 is 7.60 Å². The molecule has 28 heavy (non-hydrogen) atoms. The highest BCUT2D eigenvalue weighted by Gasteiger charge is 2.53. The predicted octanol–water partition coefficient (Wildman–Crippen LogP) is 4.44. The van der Waals surface area contributed by atoms with Crippen molar-refractivity contribution in [3.63, 3.8) is 0 Å². The van der Waals surface area contributed by atoms with Gasteiger partial charge in [-0.1, -0.05) is 6.08 Å². The second kappa shape index (κ2) is 6.71. The van der Waals surface area contributed by atoms with Crippen LogP contribution in [0.25, 0.3) is 0 Å². The Morgan fingerprint density at radius 1 is 1.14 bits per heavy atom. The minimum absolute atomic E-state index is 0.0675. The van der Waals surface area contributed by atoms with Crippen molar-refractivity contribution in [2.24, 2.45) is 5.41 Å². The molecule has 1 aromatic rings. The van der Waals surface area contributed by atoms with Gasteiger partial charge in [-0.3, -0.25) is 9.59 Å². The quantitative estimate of drug-likeness (QED) is 0.675. The van der Waals surface area contributed by atoms with Gasteiger partial charge in [0.25, 0.3) is 0 Å². The summed E-state index contributed by atoms with van der Waals surface area (Å²) >= 11 is 0. The van der Waals surface area contributed by atoms with E-state index in [4.69, 9.17) is 13.8 Å². The zero-order chi connectivity index (χ0) is 20.9. The van der Waals surface area contributed by atoms with Crippen molar-refractivity contribution >= 4 is 19.2 Å². The lowest BCUT2D eigenvalue weighted by Gasteiger charge is -2.45. The Morgan fingerprint density at radius 2 is 1.82 bits per heavy atom. The third kappa shape index (κ3) is 3.05. The van der Waals surface area contributed by atoms with Crippen molar-refractivity contribution < 1.29 is 27.9 Å². The van der Waals surface area contributed by atoms with Gasteiger partial charge in [-0.05, 0) is 57.5 Å². The SMILES string of the molecule is CCOP(C)(=O)OC1=C2C(C)(C)C(=O)C=C[C@@]2(C)c2cc(OC)ccc2C1=O. The zero-order valence-corrected chi connectivity index (χ0v) is 17.9. The molecule has 150 valence electrons. The third-order valence-electron chi connectivity index (χ3n) is 5.41. The van der Waals surface area contributed by atoms with Gasteiger partial charge in [-0.15, -0.1) is 0 Å². The molecule has 0 N–H and O–H groups in total.